The summed E-state index contributed by atoms with van der Waals surface area (Å²) in [6.45, 7) is 0. The van der Waals surface area contributed by atoms with Crippen LogP contribution in [0.15, 0.2) is 10.2 Å². The molecule has 0 aromatic rings. The third kappa shape index (κ3) is 2.55. The van der Waals surface area contributed by atoms with Gasteiger partial charge in [0.15, 0.2) is 0 Å². The fraction of sp³-hybridized carbons (Fsp3) is 0.750. The first-order valence-corrected chi connectivity index (χ1v) is 8.42. The molecule has 0 unspecified atom stereocenters. The Bertz CT molecular complexity index is 518. The van der Waals surface area contributed by atoms with E-state index in [0.29, 0.717) is 11.8 Å². The van der Waals surface area contributed by atoms with Gasteiger partial charge >= 0.3 is 11.8 Å². The summed E-state index contributed by atoms with van der Waals surface area (Å²) in [5.41, 5.74) is 6.88. The molecule has 4 bridgehead atoms. The Kier molecular flexibility index (Phi) is 3.47. The molecule has 22 heavy (non-hydrogen) atoms. The lowest BCUT2D eigenvalue weighted by atomic mass is 9.99. The fourth-order valence-electron chi connectivity index (χ4n) is 4.67. The van der Waals surface area contributed by atoms with Crippen LogP contribution >= 0.6 is 0 Å². The molecular weight excluding hydrogens is 280 g/mol. The summed E-state index contributed by atoms with van der Waals surface area (Å²) in [6, 6.07) is 0. The SMILES string of the molecule is O=C(N/N=C1/C[C@H]2CC[C@@H]1C2)C(=O)N/N=C1/C[C@@H]2CC[C@@H]1C2. The van der Waals surface area contributed by atoms with Crippen LogP contribution < -0.4 is 10.9 Å². The Morgan fingerprint density at radius 3 is 1.55 bits per heavy atom. The van der Waals surface area contributed by atoms with Crippen LogP contribution in [0.5, 0.6) is 0 Å². The van der Waals surface area contributed by atoms with Gasteiger partial charge in [0.1, 0.15) is 0 Å². The van der Waals surface area contributed by atoms with E-state index in [1.165, 1.54) is 38.5 Å². The number of rotatable bonds is 2. The molecule has 4 aliphatic carbocycles. The summed E-state index contributed by atoms with van der Waals surface area (Å²) in [5.74, 6) is 1.06. The van der Waals surface area contributed by atoms with Gasteiger partial charge in [-0.3, -0.25) is 9.59 Å². The molecule has 0 spiro atoms. The summed E-state index contributed by atoms with van der Waals surface area (Å²) in [5, 5.41) is 8.31. The number of nitrogens with zero attached hydrogens (tertiary/aromatic N) is 2. The van der Waals surface area contributed by atoms with Crippen molar-refractivity contribution in [1.29, 1.82) is 0 Å². The Hall–Kier alpha value is -1.72. The molecule has 2 N–H and O–H groups in total. The van der Waals surface area contributed by atoms with Gasteiger partial charge in [0.2, 0.25) is 0 Å². The van der Waals surface area contributed by atoms with E-state index in [4.69, 9.17) is 0 Å². The second-order valence-electron chi connectivity index (χ2n) is 7.25. The first-order chi connectivity index (χ1) is 10.7. The van der Waals surface area contributed by atoms with Crippen LogP contribution in [0.3, 0.4) is 0 Å². The number of nitrogens with one attached hydrogen (secondary N) is 2. The molecule has 4 fully saturated rings. The summed E-state index contributed by atoms with van der Waals surface area (Å²) < 4.78 is 0. The highest BCUT2D eigenvalue weighted by Crippen LogP contribution is 2.43. The van der Waals surface area contributed by atoms with Crippen LogP contribution in [-0.2, 0) is 9.59 Å². The van der Waals surface area contributed by atoms with E-state index in [0.717, 1.165) is 36.1 Å². The van der Waals surface area contributed by atoms with Crippen molar-refractivity contribution in [2.45, 2.75) is 51.4 Å². The molecule has 0 saturated heterocycles. The van der Waals surface area contributed by atoms with Crippen molar-refractivity contribution in [3.63, 3.8) is 0 Å². The summed E-state index contributed by atoms with van der Waals surface area (Å²) in [7, 11) is 0. The van der Waals surface area contributed by atoms with Crippen LogP contribution in [0.2, 0.25) is 0 Å². The Labute approximate surface area is 129 Å². The molecule has 0 radical (unpaired) electrons. The van der Waals surface area contributed by atoms with Gasteiger partial charge in [0, 0.05) is 11.4 Å². The predicted octanol–water partition coefficient (Wildman–Crippen LogP) is 1.57. The monoisotopic (exact) mass is 302 g/mol. The number of carbonyl (C=O) groups excluding carboxylic acids is 2. The third-order valence-electron chi connectivity index (χ3n) is 5.83. The predicted molar refractivity (Wildman–Crippen MR) is 82.1 cm³/mol. The zero-order chi connectivity index (χ0) is 15.1. The molecule has 2 amide bonds. The number of carbonyl (C=O) groups is 2. The van der Waals surface area contributed by atoms with Gasteiger partial charge in [-0.25, -0.2) is 10.9 Å². The van der Waals surface area contributed by atoms with E-state index in [9.17, 15) is 9.59 Å². The maximum absolute atomic E-state index is 11.8. The van der Waals surface area contributed by atoms with Crippen LogP contribution in [0.4, 0.5) is 0 Å². The van der Waals surface area contributed by atoms with E-state index in [1.807, 2.05) is 0 Å². The zero-order valence-corrected chi connectivity index (χ0v) is 12.7. The third-order valence-corrected chi connectivity index (χ3v) is 5.83. The van der Waals surface area contributed by atoms with Crippen LogP contribution in [0.1, 0.15) is 51.4 Å². The van der Waals surface area contributed by atoms with E-state index in [2.05, 4.69) is 21.1 Å². The van der Waals surface area contributed by atoms with Crippen LogP contribution in [-0.4, -0.2) is 23.2 Å². The van der Waals surface area contributed by atoms with Gasteiger partial charge in [-0.1, -0.05) is 0 Å². The topological polar surface area (TPSA) is 82.9 Å². The van der Waals surface area contributed by atoms with E-state index < -0.39 is 11.8 Å². The van der Waals surface area contributed by atoms with E-state index in [-0.39, 0.29) is 0 Å². The van der Waals surface area contributed by atoms with Gasteiger partial charge in [-0.05, 0) is 75.0 Å². The molecule has 6 nitrogen and oxygen atoms in total. The molecule has 118 valence electrons. The molecule has 0 aliphatic heterocycles. The van der Waals surface area contributed by atoms with Crippen LogP contribution in [0.25, 0.3) is 0 Å². The van der Waals surface area contributed by atoms with Gasteiger partial charge in [0.05, 0.1) is 0 Å². The molecule has 4 aliphatic rings. The average Bonchev–Trinajstić information content (AvgIpc) is 3.30. The van der Waals surface area contributed by atoms with Crippen molar-refractivity contribution in [3.05, 3.63) is 0 Å². The highest BCUT2D eigenvalue weighted by atomic mass is 16.2. The van der Waals surface area contributed by atoms with E-state index >= 15 is 0 Å². The van der Waals surface area contributed by atoms with Gasteiger partial charge in [0.25, 0.3) is 0 Å². The Morgan fingerprint density at radius 2 is 1.23 bits per heavy atom. The maximum atomic E-state index is 11.8. The average molecular weight is 302 g/mol. The Morgan fingerprint density at radius 1 is 0.773 bits per heavy atom. The number of hydrazone groups is 2. The molecular formula is C16H22N4O2. The number of hydrogen-bond donors (Lipinski definition) is 2. The molecule has 4 rings (SSSR count). The second-order valence-corrected chi connectivity index (χ2v) is 7.25. The summed E-state index contributed by atoms with van der Waals surface area (Å²) in [6.07, 6.45) is 9.21. The molecule has 0 aromatic heterocycles. The van der Waals surface area contributed by atoms with Gasteiger partial charge in [-0.15, -0.1) is 0 Å². The minimum absolute atomic E-state index is 0.516. The fourth-order valence-corrected chi connectivity index (χ4v) is 4.67. The molecule has 4 saturated carbocycles. The lowest BCUT2D eigenvalue weighted by Crippen LogP contribution is -2.36. The van der Waals surface area contributed by atoms with Crippen molar-refractivity contribution in [2.24, 2.45) is 33.9 Å². The lowest BCUT2D eigenvalue weighted by molar-refractivity contribution is -0.139. The van der Waals surface area contributed by atoms with E-state index in [1.54, 1.807) is 0 Å². The smallest absolute Gasteiger partial charge is 0.262 e. The van der Waals surface area contributed by atoms with Crippen LogP contribution in [0, 0.1) is 23.7 Å². The van der Waals surface area contributed by atoms with Crippen molar-refractivity contribution in [1.82, 2.24) is 10.9 Å². The zero-order valence-electron chi connectivity index (χ0n) is 12.7. The Balaban J connectivity index is 1.28. The normalized spacial score (nSPS) is 38.9. The van der Waals surface area contributed by atoms with Gasteiger partial charge < -0.3 is 0 Å². The lowest BCUT2D eigenvalue weighted by Gasteiger charge is -2.12. The molecule has 0 aromatic carbocycles. The van der Waals surface area contributed by atoms with Crippen molar-refractivity contribution in [3.8, 4) is 0 Å². The number of fused-ring (bicyclic) bond motifs is 4. The minimum Gasteiger partial charge on any atom is -0.262 e. The molecule has 6 heteroatoms. The molecule has 0 heterocycles. The van der Waals surface area contributed by atoms with Crippen molar-refractivity contribution < 1.29 is 9.59 Å². The minimum atomic E-state index is -0.720. The number of amides is 2. The molecule has 4 atom stereocenters. The maximum Gasteiger partial charge on any atom is 0.331 e. The summed E-state index contributed by atoms with van der Waals surface area (Å²) >= 11 is 0. The first-order valence-electron chi connectivity index (χ1n) is 8.42. The highest BCUT2D eigenvalue weighted by molar-refractivity contribution is 6.35. The number of hydrogen-bond acceptors (Lipinski definition) is 4. The van der Waals surface area contributed by atoms with Crippen molar-refractivity contribution in [2.75, 3.05) is 0 Å². The largest absolute Gasteiger partial charge is 0.331 e. The standard InChI is InChI=1S/C16H22N4O2/c21-15(19-17-13-7-9-1-3-11(13)5-9)16(22)20-18-14-8-10-2-4-12(14)6-10/h9-12H,1-8H2,(H,19,21)(H,20,22)/b17-13-,18-14-/t9-,10+,11-,12-/m1/s1. The van der Waals surface area contributed by atoms with Gasteiger partial charge in [-0.2, -0.15) is 10.2 Å². The highest BCUT2D eigenvalue weighted by Gasteiger charge is 2.37. The first kappa shape index (κ1) is 13.9. The summed E-state index contributed by atoms with van der Waals surface area (Å²) in [4.78, 5) is 23.5. The van der Waals surface area contributed by atoms with Crippen molar-refractivity contribution >= 4 is 23.2 Å². The second kappa shape index (κ2) is 5.48. The quantitative estimate of drug-likeness (QED) is 0.599.